The summed E-state index contributed by atoms with van der Waals surface area (Å²) >= 11 is 0. The maximum Gasteiger partial charge on any atom is 0.345 e. The summed E-state index contributed by atoms with van der Waals surface area (Å²) in [5.41, 5.74) is 0.0337. The van der Waals surface area contributed by atoms with Crippen LogP contribution in [0.1, 0.15) is 82.0 Å². The van der Waals surface area contributed by atoms with Crippen LogP contribution in [0.3, 0.4) is 0 Å². The molecule has 0 N–H and O–H groups in total. The number of amides is 1. The lowest BCUT2D eigenvalue weighted by Gasteiger charge is -2.33. The van der Waals surface area contributed by atoms with Crippen molar-refractivity contribution in [1.29, 1.82) is 0 Å². The smallest absolute Gasteiger partial charge is 0.342 e. The first-order valence-electron chi connectivity index (χ1n) is 10.1. The van der Waals surface area contributed by atoms with E-state index < -0.39 is 0 Å². The Kier molecular flexibility index (Phi) is 4.69. The van der Waals surface area contributed by atoms with Gasteiger partial charge >= 0.3 is 5.69 Å². The molecule has 2 aliphatic carbocycles. The molecule has 1 aromatic heterocycles. The quantitative estimate of drug-likeness (QED) is 0.845. The lowest BCUT2D eigenvalue weighted by molar-refractivity contribution is -0.136. The van der Waals surface area contributed by atoms with Gasteiger partial charge in [-0.2, -0.15) is 5.10 Å². The van der Waals surface area contributed by atoms with Crippen molar-refractivity contribution in [2.45, 2.75) is 76.2 Å². The van der Waals surface area contributed by atoms with E-state index in [9.17, 15) is 9.59 Å². The van der Waals surface area contributed by atoms with Crippen molar-refractivity contribution in [1.82, 2.24) is 19.2 Å². The summed E-state index contributed by atoms with van der Waals surface area (Å²) in [5.74, 6) is 1.91. The van der Waals surface area contributed by atoms with Crippen molar-refractivity contribution < 1.29 is 4.79 Å². The molecule has 0 radical (unpaired) electrons. The zero-order valence-corrected chi connectivity index (χ0v) is 15.3. The minimum Gasteiger partial charge on any atom is -0.342 e. The highest BCUT2D eigenvalue weighted by Gasteiger charge is 2.33. The van der Waals surface area contributed by atoms with E-state index in [-0.39, 0.29) is 11.6 Å². The van der Waals surface area contributed by atoms with E-state index in [1.54, 1.807) is 7.05 Å². The van der Waals surface area contributed by atoms with Gasteiger partial charge in [-0.25, -0.2) is 9.48 Å². The number of aryl methyl sites for hydroxylation is 1. The van der Waals surface area contributed by atoms with Crippen LogP contribution in [0.25, 0.3) is 0 Å². The number of hydrogen-bond donors (Lipinski definition) is 0. The van der Waals surface area contributed by atoms with Crippen LogP contribution in [0.4, 0.5) is 0 Å². The fourth-order valence-corrected chi connectivity index (χ4v) is 5.07. The van der Waals surface area contributed by atoms with E-state index >= 15 is 0 Å². The van der Waals surface area contributed by atoms with Crippen molar-refractivity contribution in [3.8, 4) is 0 Å². The van der Waals surface area contributed by atoms with Crippen molar-refractivity contribution >= 4 is 5.91 Å². The van der Waals surface area contributed by atoms with Crippen LogP contribution in [0.15, 0.2) is 4.79 Å². The van der Waals surface area contributed by atoms with Gasteiger partial charge in [0.15, 0.2) is 0 Å². The Morgan fingerprint density at radius 1 is 0.960 bits per heavy atom. The second-order valence-corrected chi connectivity index (χ2v) is 8.15. The second-order valence-electron chi connectivity index (χ2n) is 8.15. The number of piperidine rings is 1. The highest BCUT2D eigenvalue weighted by Crippen LogP contribution is 2.34. The van der Waals surface area contributed by atoms with Gasteiger partial charge in [0.2, 0.25) is 5.91 Å². The first kappa shape index (κ1) is 16.9. The van der Waals surface area contributed by atoms with Crippen molar-refractivity contribution in [2.24, 2.45) is 13.0 Å². The standard InChI is InChI=1S/C19H30N4O2/c1-21-19(25)23(16-8-4-5-9-16)17(20-21)14-10-12-22(13-11-14)18(24)15-6-2-3-7-15/h14-16H,2-13H2,1H3. The molecule has 0 bridgehead atoms. The number of carbonyl (C=O) groups is 1. The number of nitrogens with zero attached hydrogens (tertiary/aromatic N) is 4. The SMILES string of the molecule is Cn1nc(C2CCN(C(=O)C3CCCC3)CC2)n(C2CCCC2)c1=O. The predicted molar refractivity (Wildman–Crippen MR) is 95.5 cm³/mol. The van der Waals surface area contributed by atoms with Crippen LogP contribution in [0, 0.1) is 5.92 Å². The molecule has 4 rings (SSSR count). The van der Waals surface area contributed by atoms with E-state index in [0.29, 0.717) is 17.9 Å². The van der Waals surface area contributed by atoms with Gasteiger partial charge in [0.1, 0.15) is 5.82 Å². The molecule has 3 aliphatic rings. The molecule has 2 saturated carbocycles. The Morgan fingerprint density at radius 2 is 1.56 bits per heavy atom. The normalized spacial score (nSPS) is 23.6. The number of rotatable bonds is 3. The van der Waals surface area contributed by atoms with Gasteiger partial charge in [0.05, 0.1) is 0 Å². The second kappa shape index (κ2) is 6.96. The summed E-state index contributed by atoms with van der Waals surface area (Å²) in [5, 5.41) is 4.59. The van der Waals surface area contributed by atoms with Gasteiger partial charge in [-0.1, -0.05) is 25.7 Å². The van der Waals surface area contributed by atoms with Gasteiger partial charge in [-0.3, -0.25) is 9.36 Å². The summed E-state index contributed by atoms with van der Waals surface area (Å²) in [6.07, 6.45) is 11.0. The molecule has 1 aliphatic heterocycles. The number of likely N-dealkylation sites (tertiary alicyclic amines) is 1. The van der Waals surface area contributed by atoms with Crippen LogP contribution in [0.5, 0.6) is 0 Å². The molecule has 2 heterocycles. The third-order valence-electron chi connectivity index (χ3n) is 6.55. The number of aromatic nitrogens is 3. The summed E-state index contributed by atoms with van der Waals surface area (Å²) in [6.45, 7) is 1.63. The monoisotopic (exact) mass is 346 g/mol. The number of carbonyl (C=O) groups excluding carboxylic acids is 1. The molecule has 138 valence electrons. The fourth-order valence-electron chi connectivity index (χ4n) is 5.07. The van der Waals surface area contributed by atoms with Crippen LogP contribution in [-0.4, -0.2) is 38.2 Å². The largest absolute Gasteiger partial charge is 0.345 e. The Bertz CT molecular complexity index is 672. The first-order chi connectivity index (χ1) is 12.1. The molecule has 25 heavy (non-hydrogen) atoms. The van der Waals surface area contributed by atoms with E-state index in [1.807, 2.05) is 4.57 Å². The molecule has 6 heteroatoms. The summed E-state index contributed by atoms with van der Waals surface area (Å²) in [4.78, 5) is 27.3. The lowest BCUT2D eigenvalue weighted by Crippen LogP contribution is -2.41. The van der Waals surface area contributed by atoms with Gasteiger partial charge in [-0.15, -0.1) is 0 Å². The Hall–Kier alpha value is -1.59. The lowest BCUT2D eigenvalue weighted by atomic mass is 9.94. The molecule has 0 atom stereocenters. The van der Waals surface area contributed by atoms with Crippen LogP contribution < -0.4 is 5.69 Å². The van der Waals surface area contributed by atoms with Crippen molar-refractivity contribution in [2.75, 3.05) is 13.1 Å². The maximum atomic E-state index is 12.6. The highest BCUT2D eigenvalue weighted by atomic mass is 16.2. The molecule has 1 amide bonds. The number of hydrogen-bond acceptors (Lipinski definition) is 3. The molecular weight excluding hydrogens is 316 g/mol. The van der Waals surface area contributed by atoms with E-state index in [0.717, 1.165) is 57.4 Å². The summed E-state index contributed by atoms with van der Waals surface area (Å²) in [6, 6.07) is 0.328. The third kappa shape index (κ3) is 3.15. The molecule has 0 aromatic carbocycles. The van der Waals surface area contributed by atoms with E-state index in [2.05, 4.69) is 10.00 Å². The van der Waals surface area contributed by atoms with Crippen molar-refractivity contribution in [3.63, 3.8) is 0 Å². The minimum atomic E-state index is 0.0337. The Morgan fingerprint density at radius 3 is 2.20 bits per heavy atom. The molecule has 6 nitrogen and oxygen atoms in total. The van der Waals surface area contributed by atoms with Crippen LogP contribution in [0.2, 0.25) is 0 Å². The minimum absolute atomic E-state index is 0.0337. The highest BCUT2D eigenvalue weighted by molar-refractivity contribution is 5.79. The van der Waals surface area contributed by atoms with Gasteiger partial charge < -0.3 is 4.90 Å². The average Bonchev–Trinajstić information content (AvgIpc) is 3.37. The molecular formula is C19H30N4O2. The maximum absolute atomic E-state index is 12.6. The third-order valence-corrected chi connectivity index (χ3v) is 6.55. The van der Waals surface area contributed by atoms with Gasteiger partial charge in [0.25, 0.3) is 0 Å². The molecule has 1 saturated heterocycles. The molecule has 0 spiro atoms. The Labute approximate surface area is 149 Å². The predicted octanol–water partition coefficient (Wildman–Crippen LogP) is 2.59. The van der Waals surface area contributed by atoms with E-state index in [1.165, 1.54) is 30.4 Å². The summed E-state index contributed by atoms with van der Waals surface area (Å²) in [7, 11) is 1.76. The molecule has 0 unspecified atom stereocenters. The summed E-state index contributed by atoms with van der Waals surface area (Å²) < 4.78 is 3.48. The average molecular weight is 346 g/mol. The topological polar surface area (TPSA) is 60.1 Å². The van der Waals surface area contributed by atoms with Crippen LogP contribution in [-0.2, 0) is 11.8 Å². The Balaban J connectivity index is 1.46. The fraction of sp³-hybridized carbons (Fsp3) is 0.842. The first-order valence-corrected chi connectivity index (χ1v) is 10.1. The molecule has 1 aromatic rings. The molecule has 3 fully saturated rings. The van der Waals surface area contributed by atoms with Gasteiger partial charge in [-0.05, 0) is 38.5 Å². The zero-order chi connectivity index (χ0) is 17.4. The van der Waals surface area contributed by atoms with E-state index in [4.69, 9.17) is 0 Å². The van der Waals surface area contributed by atoms with Crippen LogP contribution >= 0.6 is 0 Å². The zero-order valence-electron chi connectivity index (χ0n) is 15.3. The van der Waals surface area contributed by atoms with Gasteiger partial charge in [0, 0.05) is 38.0 Å². The van der Waals surface area contributed by atoms with Crippen molar-refractivity contribution in [3.05, 3.63) is 16.3 Å².